The van der Waals surface area contributed by atoms with Gasteiger partial charge in [0.2, 0.25) is 0 Å². The normalized spacial score (nSPS) is 13.9. The quantitative estimate of drug-likeness (QED) is 0.103. The number of rotatable bonds is 22. The molecule has 0 heterocycles. The summed E-state index contributed by atoms with van der Waals surface area (Å²) in [6, 6.07) is 9.18. The summed E-state index contributed by atoms with van der Waals surface area (Å²) in [5, 5.41) is 2.94. The molecular weight excluding hydrogens is 554 g/mol. The minimum absolute atomic E-state index is 0.00269. The molecule has 0 fully saturated rings. The Morgan fingerprint density at radius 1 is 0.791 bits per heavy atom. The molecular formula is C36H65NO5Si. The van der Waals surface area contributed by atoms with Crippen molar-refractivity contribution in [3.05, 3.63) is 35.9 Å². The average molecular weight is 620 g/mol. The number of hydrogen-bond donors (Lipinski definition) is 1. The molecule has 7 heteroatoms. The first kappa shape index (κ1) is 39.3. The molecule has 1 aromatic rings. The minimum atomic E-state index is -2.15. The first-order valence-corrected chi connectivity index (χ1v) is 19.9. The Hall–Kier alpha value is -1.70. The number of carbonyl (C=O) groups is 2. The second-order valence-electron chi connectivity index (χ2n) is 14.6. The fraction of sp³-hybridized carbons (Fsp3) is 0.778. The predicted octanol–water partition coefficient (Wildman–Crippen LogP) is 10.1. The minimum Gasteiger partial charge on any atom is -0.444 e. The number of unbranched alkanes of at least 4 members (excludes halogenated alkanes) is 11. The molecule has 0 aliphatic heterocycles. The number of ether oxygens (including phenoxy) is 2. The molecule has 6 nitrogen and oxygen atoms in total. The van der Waals surface area contributed by atoms with E-state index in [0.29, 0.717) is 6.42 Å². The number of amides is 1. The van der Waals surface area contributed by atoms with E-state index in [9.17, 15) is 9.59 Å². The van der Waals surface area contributed by atoms with Gasteiger partial charge in [0.1, 0.15) is 11.7 Å². The number of nitrogens with one attached hydrogen (secondary N) is 1. The van der Waals surface area contributed by atoms with Crippen LogP contribution < -0.4 is 5.32 Å². The lowest BCUT2D eigenvalue weighted by molar-refractivity contribution is -0.134. The summed E-state index contributed by atoms with van der Waals surface area (Å²) >= 11 is 0. The van der Waals surface area contributed by atoms with Crippen LogP contribution >= 0.6 is 0 Å². The van der Waals surface area contributed by atoms with Crippen molar-refractivity contribution in [1.82, 2.24) is 5.32 Å². The Kier molecular flexibility index (Phi) is 18.6. The number of carbonyl (C=O) groups excluding carboxylic acids is 2. The van der Waals surface area contributed by atoms with Gasteiger partial charge >= 0.3 is 6.09 Å². The molecule has 0 radical (unpaired) electrons. The molecule has 1 aromatic carbocycles. The Morgan fingerprint density at radius 2 is 1.30 bits per heavy atom. The number of Topliss-reactive ketones (excluding diaryl/α,β-unsaturated/α-hetero) is 1. The van der Waals surface area contributed by atoms with Crippen molar-refractivity contribution in [3.8, 4) is 0 Å². The molecule has 43 heavy (non-hydrogen) atoms. The maximum absolute atomic E-state index is 13.7. The van der Waals surface area contributed by atoms with Gasteiger partial charge in [-0.25, -0.2) is 4.79 Å². The lowest BCUT2D eigenvalue weighted by Gasteiger charge is -2.38. The fourth-order valence-electron chi connectivity index (χ4n) is 4.65. The summed E-state index contributed by atoms with van der Waals surface area (Å²) in [6.07, 6.45) is 13.9. The zero-order valence-electron chi connectivity index (χ0n) is 29.2. The summed E-state index contributed by atoms with van der Waals surface area (Å²) in [4.78, 5) is 26.6. The summed E-state index contributed by atoms with van der Waals surface area (Å²) in [7, 11) is -2.15. The van der Waals surface area contributed by atoms with E-state index in [1.54, 1.807) is 0 Å². The molecule has 1 amide bonds. The number of alkyl carbamates (subject to hydrolysis) is 1. The van der Waals surface area contributed by atoms with E-state index in [1.165, 1.54) is 57.8 Å². The molecule has 2 atom stereocenters. The van der Waals surface area contributed by atoms with Crippen molar-refractivity contribution in [2.45, 2.75) is 174 Å². The van der Waals surface area contributed by atoms with Crippen molar-refractivity contribution in [3.63, 3.8) is 0 Å². The van der Waals surface area contributed by atoms with Gasteiger partial charge in [-0.1, -0.05) is 129 Å². The van der Waals surface area contributed by atoms with Gasteiger partial charge in [0.25, 0.3) is 0 Å². The molecule has 0 saturated carbocycles. The van der Waals surface area contributed by atoms with Crippen LogP contribution in [0.5, 0.6) is 0 Å². The van der Waals surface area contributed by atoms with Crippen LogP contribution in [0.4, 0.5) is 4.79 Å². The molecule has 0 unspecified atom stereocenters. The second kappa shape index (κ2) is 20.4. The van der Waals surface area contributed by atoms with E-state index in [1.807, 2.05) is 51.1 Å². The summed E-state index contributed by atoms with van der Waals surface area (Å²) < 4.78 is 18.4. The van der Waals surface area contributed by atoms with Gasteiger partial charge in [0.05, 0.1) is 19.3 Å². The predicted molar refractivity (Wildman–Crippen MR) is 182 cm³/mol. The van der Waals surface area contributed by atoms with E-state index in [0.717, 1.165) is 24.8 Å². The SMILES string of the molecule is CCCCCCCCCCCCCCC(=O)[C@H](OCc1ccccc1)[C@H](CO[Si](C)(C)C(C)(C)C)NC(=O)OC(C)(C)C. The van der Waals surface area contributed by atoms with Crippen molar-refractivity contribution in [1.29, 1.82) is 0 Å². The Morgan fingerprint density at radius 3 is 1.79 bits per heavy atom. The molecule has 0 saturated heterocycles. The van der Waals surface area contributed by atoms with Gasteiger partial charge in [0, 0.05) is 6.42 Å². The first-order valence-electron chi connectivity index (χ1n) is 17.0. The average Bonchev–Trinajstić information content (AvgIpc) is 2.91. The maximum atomic E-state index is 13.7. The van der Waals surface area contributed by atoms with Crippen LogP contribution in [0.1, 0.15) is 138 Å². The molecule has 1 rings (SSSR count). The summed E-state index contributed by atoms with van der Waals surface area (Å²) in [5.74, 6) is 0.00269. The first-order chi connectivity index (χ1) is 20.2. The zero-order chi connectivity index (χ0) is 32.4. The van der Waals surface area contributed by atoms with E-state index in [2.05, 4.69) is 46.1 Å². The molecule has 0 aliphatic rings. The van der Waals surface area contributed by atoms with Crippen LogP contribution in [-0.2, 0) is 25.3 Å². The van der Waals surface area contributed by atoms with Crippen molar-refractivity contribution < 1.29 is 23.5 Å². The largest absolute Gasteiger partial charge is 0.444 e. The monoisotopic (exact) mass is 619 g/mol. The third kappa shape index (κ3) is 18.0. The number of benzene rings is 1. The van der Waals surface area contributed by atoms with Crippen molar-refractivity contribution >= 4 is 20.2 Å². The van der Waals surface area contributed by atoms with Gasteiger partial charge in [0.15, 0.2) is 14.1 Å². The van der Waals surface area contributed by atoms with Crippen LogP contribution in [0.25, 0.3) is 0 Å². The van der Waals surface area contributed by atoms with E-state index in [4.69, 9.17) is 13.9 Å². The second-order valence-corrected chi connectivity index (χ2v) is 19.5. The van der Waals surface area contributed by atoms with Crippen LogP contribution in [0, 0.1) is 0 Å². The third-order valence-electron chi connectivity index (χ3n) is 8.36. The highest BCUT2D eigenvalue weighted by molar-refractivity contribution is 6.74. The van der Waals surface area contributed by atoms with E-state index >= 15 is 0 Å². The van der Waals surface area contributed by atoms with Gasteiger partial charge in [-0.3, -0.25) is 4.79 Å². The highest BCUT2D eigenvalue weighted by atomic mass is 28.4. The van der Waals surface area contributed by atoms with Gasteiger partial charge < -0.3 is 19.2 Å². The van der Waals surface area contributed by atoms with Crippen molar-refractivity contribution in [2.24, 2.45) is 0 Å². The highest BCUT2D eigenvalue weighted by Crippen LogP contribution is 2.36. The molecule has 1 N–H and O–H groups in total. The Labute approximate surface area is 265 Å². The molecule has 0 aromatic heterocycles. The molecule has 0 bridgehead atoms. The topological polar surface area (TPSA) is 73.9 Å². The summed E-state index contributed by atoms with van der Waals surface area (Å²) in [6.45, 7) is 19.1. The fourth-order valence-corrected chi connectivity index (χ4v) is 5.68. The highest BCUT2D eigenvalue weighted by Gasteiger charge is 2.40. The molecule has 248 valence electrons. The number of ketones is 1. The van der Waals surface area contributed by atoms with Crippen LogP contribution in [-0.4, -0.2) is 44.5 Å². The summed E-state index contributed by atoms with van der Waals surface area (Å²) in [5.41, 5.74) is 0.320. The van der Waals surface area contributed by atoms with Gasteiger partial charge in [-0.05, 0) is 50.9 Å². The van der Waals surface area contributed by atoms with E-state index in [-0.39, 0.29) is 24.0 Å². The van der Waals surface area contributed by atoms with Crippen molar-refractivity contribution in [2.75, 3.05) is 6.61 Å². The number of hydrogen-bond acceptors (Lipinski definition) is 5. The lowest BCUT2D eigenvalue weighted by atomic mass is 10.0. The van der Waals surface area contributed by atoms with Crippen LogP contribution in [0.15, 0.2) is 30.3 Å². The molecule has 0 aliphatic carbocycles. The lowest BCUT2D eigenvalue weighted by Crippen LogP contribution is -2.54. The van der Waals surface area contributed by atoms with Gasteiger partial charge in [-0.2, -0.15) is 0 Å². The zero-order valence-corrected chi connectivity index (χ0v) is 30.2. The molecule has 0 spiro atoms. The third-order valence-corrected chi connectivity index (χ3v) is 12.9. The Balaban J connectivity index is 2.84. The maximum Gasteiger partial charge on any atom is 0.408 e. The van der Waals surface area contributed by atoms with Crippen LogP contribution in [0.3, 0.4) is 0 Å². The smallest absolute Gasteiger partial charge is 0.408 e. The standard InChI is InChI=1S/C36H65NO5Si/c1-10-11-12-13-14-15-16-17-18-19-20-24-27-32(38)33(40-28-30-25-22-21-23-26-30)31(37-34(39)42-35(2,3)4)29-41-43(8,9)36(5,6)7/h21-23,25-26,31,33H,10-20,24,27-29H2,1-9H3,(H,37,39)/t31-,33+/m0/s1. The van der Waals surface area contributed by atoms with Crippen LogP contribution in [0.2, 0.25) is 18.1 Å². The van der Waals surface area contributed by atoms with E-state index < -0.39 is 32.2 Å². The van der Waals surface area contributed by atoms with Gasteiger partial charge in [-0.15, -0.1) is 0 Å². The Bertz CT molecular complexity index is 891.